The number of hydrogen-bond donors (Lipinski definition) is 2. The van der Waals surface area contributed by atoms with E-state index in [-0.39, 0.29) is 12.5 Å². The van der Waals surface area contributed by atoms with Crippen molar-refractivity contribution in [3.63, 3.8) is 0 Å². The molecule has 0 saturated carbocycles. The Balaban J connectivity index is 1.90. The van der Waals surface area contributed by atoms with E-state index >= 15 is 0 Å². The minimum atomic E-state index is -0.950. The van der Waals surface area contributed by atoms with Gasteiger partial charge in [0.25, 0.3) is 5.91 Å². The highest BCUT2D eigenvalue weighted by Gasteiger charge is 2.28. The van der Waals surface area contributed by atoms with Crippen LogP contribution >= 0.6 is 11.3 Å². The van der Waals surface area contributed by atoms with Gasteiger partial charge < -0.3 is 15.4 Å². The normalized spacial score (nSPS) is 12.8. The highest BCUT2D eigenvalue weighted by molar-refractivity contribution is 7.17. The van der Waals surface area contributed by atoms with Crippen LogP contribution in [-0.4, -0.2) is 24.4 Å². The molecule has 1 aliphatic rings. The fourth-order valence-corrected chi connectivity index (χ4v) is 4.44. The average Bonchev–Trinajstić information content (AvgIpc) is 2.99. The Labute approximate surface area is 161 Å². The van der Waals surface area contributed by atoms with Crippen molar-refractivity contribution in [3.8, 4) is 0 Å². The number of ether oxygens (including phenoxy) is 1. The predicted octanol–water partition coefficient (Wildman–Crippen LogP) is 3.69. The van der Waals surface area contributed by atoms with E-state index in [4.69, 9.17) is 4.74 Å². The molecule has 27 heavy (non-hydrogen) atoms. The first-order valence-corrected chi connectivity index (χ1v) is 9.82. The molecule has 7 heteroatoms. The zero-order valence-corrected chi connectivity index (χ0v) is 16.2. The molecule has 0 atom stereocenters. The fraction of sp³-hybridized carbons (Fsp3) is 0.350. The molecule has 6 nitrogen and oxygen atoms in total. The number of nitrogens with one attached hydrogen (secondary N) is 2. The molecule has 2 N–H and O–H groups in total. The summed E-state index contributed by atoms with van der Waals surface area (Å²) in [5, 5.41) is 5.89. The first-order valence-electron chi connectivity index (χ1n) is 9.00. The Morgan fingerprint density at radius 2 is 1.93 bits per heavy atom. The molecule has 0 aliphatic heterocycles. The van der Waals surface area contributed by atoms with E-state index in [0.717, 1.165) is 41.7 Å². The van der Waals surface area contributed by atoms with Crippen molar-refractivity contribution in [1.29, 1.82) is 0 Å². The standard InChI is InChI=1S/C20H22N2O4S/c1-3-26-20(25)18(24)22-19-16(14-9-4-5-10-15(14)27-19)17(23)21-13-8-6-7-12(2)11-13/h6-8,11H,3-5,9-10H2,1-2H3,(H,21,23)(H,22,24). The summed E-state index contributed by atoms with van der Waals surface area (Å²) in [5.41, 5.74) is 3.15. The molecule has 0 bridgehead atoms. The van der Waals surface area contributed by atoms with Gasteiger partial charge in [-0.1, -0.05) is 12.1 Å². The number of esters is 1. The summed E-state index contributed by atoms with van der Waals surface area (Å²) >= 11 is 1.37. The van der Waals surface area contributed by atoms with E-state index in [0.29, 0.717) is 16.3 Å². The number of thiophene rings is 1. The van der Waals surface area contributed by atoms with Crippen LogP contribution in [0.3, 0.4) is 0 Å². The fourth-order valence-electron chi connectivity index (χ4n) is 3.16. The van der Waals surface area contributed by atoms with Crippen molar-refractivity contribution >= 4 is 39.8 Å². The van der Waals surface area contributed by atoms with Crippen LogP contribution in [0.15, 0.2) is 24.3 Å². The lowest BCUT2D eigenvalue weighted by Crippen LogP contribution is -2.26. The van der Waals surface area contributed by atoms with Gasteiger partial charge in [0, 0.05) is 10.6 Å². The summed E-state index contributed by atoms with van der Waals surface area (Å²) < 4.78 is 4.74. The van der Waals surface area contributed by atoms with Crippen molar-refractivity contribution in [1.82, 2.24) is 0 Å². The van der Waals surface area contributed by atoms with E-state index in [1.54, 1.807) is 6.92 Å². The average molecular weight is 386 g/mol. The largest absolute Gasteiger partial charge is 0.459 e. The Kier molecular flexibility index (Phi) is 5.91. The van der Waals surface area contributed by atoms with Crippen LogP contribution in [0, 0.1) is 6.92 Å². The number of amides is 2. The highest BCUT2D eigenvalue weighted by atomic mass is 32.1. The second-order valence-electron chi connectivity index (χ2n) is 6.41. The molecule has 1 heterocycles. The molecule has 0 unspecified atom stereocenters. The highest BCUT2D eigenvalue weighted by Crippen LogP contribution is 2.38. The molecule has 1 aromatic carbocycles. The van der Waals surface area contributed by atoms with Crippen LogP contribution in [0.4, 0.5) is 10.7 Å². The molecule has 0 radical (unpaired) electrons. The molecule has 1 aliphatic carbocycles. The van der Waals surface area contributed by atoms with Gasteiger partial charge >= 0.3 is 11.9 Å². The maximum absolute atomic E-state index is 13.0. The first-order chi connectivity index (χ1) is 13.0. The molecule has 0 spiro atoms. The molecule has 0 saturated heterocycles. The molecule has 2 aromatic rings. The van der Waals surface area contributed by atoms with E-state index in [1.165, 1.54) is 11.3 Å². The summed E-state index contributed by atoms with van der Waals surface area (Å²) in [6.07, 6.45) is 3.72. The lowest BCUT2D eigenvalue weighted by Gasteiger charge is -2.13. The van der Waals surface area contributed by atoms with Crippen molar-refractivity contribution < 1.29 is 19.1 Å². The van der Waals surface area contributed by atoms with Crippen LogP contribution < -0.4 is 10.6 Å². The van der Waals surface area contributed by atoms with Crippen LogP contribution in [0.25, 0.3) is 0 Å². The Morgan fingerprint density at radius 3 is 2.67 bits per heavy atom. The summed E-state index contributed by atoms with van der Waals surface area (Å²) in [6.45, 7) is 3.71. The van der Waals surface area contributed by atoms with E-state index in [9.17, 15) is 14.4 Å². The second kappa shape index (κ2) is 8.35. The summed E-state index contributed by atoms with van der Waals surface area (Å²) in [5.74, 6) is -2.09. The van der Waals surface area contributed by atoms with Crippen LogP contribution in [-0.2, 0) is 27.2 Å². The number of fused-ring (bicyclic) bond motifs is 1. The molecule has 0 fully saturated rings. The van der Waals surface area contributed by atoms with Crippen molar-refractivity contribution in [3.05, 3.63) is 45.8 Å². The smallest absolute Gasteiger partial charge is 0.397 e. The third kappa shape index (κ3) is 4.36. The SMILES string of the molecule is CCOC(=O)C(=O)Nc1sc2c(c1C(=O)Nc1cccc(C)c1)CCCC2. The first kappa shape index (κ1) is 19.1. The molecular weight excluding hydrogens is 364 g/mol. The van der Waals surface area contributed by atoms with Gasteiger partial charge in [-0.05, 0) is 62.8 Å². The minimum Gasteiger partial charge on any atom is -0.459 e. The lowest BCUT2D eigenvalue weighted by molar-refractivity contribution is -0.152. The van der Waals surface area contributed by atoms with Crippen molar-refractivity contribution in [2.45, 2.75) is 39.5 Å². The second-order valence-corrected chi connectivity index (χ2v) is 7.52. The van der Waals surface area contributed by atoms with Crippen LogP contribution in [0.1, 0.15) is 46.1 Å². The topological polar surface area (TPSA) is 84.5 Å². The summed E-state index contributed by atoms with van der Waals surface area (Å²) in [6, 6.07) is 7.53. The van der Waals surface area contributed by atoms with E-state index in [1.807, 2.05) is 31.2 Å². The van der Waals surface area contributed by atoms with Gasteiger partial charge in [-0.2, -0.15) is 0 Å². The van der Waals surface area contributed by atoms with Gasteiger partial charge in [-0.25, -0.2) is 4.79 Å². The predicted molar refractivity (Wildman–Crippen MR) is 105 cm³/mol. The number of benzene rings is 1. The van der Waals surface area contributed by atoms with E-state index in [2.05, 4.69) is 10.6 Å². The summed E-state index contributed by atoms with van der Waals surface area (Å²) in [4.78, 5) is 37.8. The molecular formula is C20H22N2O4S. The molecule has 142 valence electrons. The van der Waals surface area contributed by atoms with Crippen LogP contribution in [0.2, 0.25) is 0 Å². The number of hydrogen-bond acceptors (Lipinski definition) is 5. The monoisotopic (exact) mass is 386 g/mol. The third-order valence-electron chi connectivity index (χ3n) is 4.36. The van der Waals surface area contributed by atoms with E-state index < -0.39 is 11.9 Å². The Hall–Kier alpha value is -2.67. The minimum absolute atomic E-state index is 0.119. The number of anilines is 2. The van der Waals surface area contributed by atoms with Crippen molar-refractivity contribution in [2.24, 2.45) is 0 Å². The number of carbonyl (C=O) groups excluding carboxylic acids is 3. The zero-order chi connectivity index (χ0) is 19.4. The van der Waals surface area contributed by atoms with Crippen LogP contribution in [0.5, 0.6) is 0 Å². The van der Waals surface area contributed by atoms with Gasteiger partial charge in [0.2, 0.25) is 0 Å². The van der Waals surface area contributed by atoms with Crippen molar-refractivity contribution in [2.75, 3.05) is 17.2 Å². The third-order valence-corrected chi connectivity index (χ3v) is 5.57. The zero-order valence-electron chi connectivity index (χ0n) is 15.4. The molecule has 2 amide bonds. The molecule has 3 rings (SSSR count). The Bertz CT molecular complexity index is 888. The quantitative estimate of drug-likeness (QED) is 0.620. The maximum atomic E-state index is 13.0. The van der Waals surface area contributed by atoms with Gasteiger partial charge in [0.1, 0.15) is 5.00 Å². The van der Waals surface area contributed by atoms with Gasteiger partial charge in [0.15, 0.2) is 0 Å². The van der Waals surface area contributed by atoms with Gasteiger partial charge in [-0.3, -0.25) is 9.59 Å². The lowest BCUT2D eigenvalue weighted by atomic mass is 9.95. The maximum Gasteiger partial charge on any atom is 0.397 e. The summed E-state index contributed by atoms with van der Waals surface area (Å²) in [7, 11) is 0. The van der Waals surface area contributed by atoms with Gasteiger partial charge in [0.05, 0.1) is 12.2 Å². The number of rotatable bonds is 4. The Morgan fingerprint density at radius 1 is 1.15 bits per heavy atom. The number of carbonyl (C=O) groups is 3. The number of aryl methyl sites for hydroxylation is 2. The van der Waals surface area contributed by atoms with Gasteiger partial charge in [-0.15, -0.1) is 11.3 Å². The molecule has 1 aromatic heterocycles.